The first-order chi connectivity index (χ1) is 14.5. The van der Waals surface area contributed by atoms with Crippen molar-refractivity contribution in [1.82, 2.24) is 4.90 Å². The zero-order valence-corrected chi connectivity index (χ0v) is 21.0. The molecule has 0 aromatic heterocycles. The third kappa shape index (κ3) is 7.40. The first-order valence-corrected chi connectivity index (χ1v) is 11.8. The molecule has 1 heterocycles. The van der Waals surface area contributed by atoms with Crippen LogP contribution < -0.4 is 0 Å². The lowest BCUT2D eigenvalue weighted by molar-refractivity contribution is -0.191. The minimum atomic E-state index is -1.77. The number of hydrogen-bond donors (Lipinski definition) is 4. The van der Waals surface area contributed by atoms with Crippen LogP contribution in [0.3, 0.4) is 0 Å². The molecule has 4 N–H and O–H groups in total. The average Bonchev–Trinajstić information content (AvgIpc) is 2.66. The molecule has 32 heavy (non-hydrogen) atoms. The topological polar surface area (TPSA) is 128 Å². The molecule has 1 fully saturated rings. The zero-order valence-electron chi connectivity index (χ0n) is 21.0. The van der Waals surface area contributed by atoms with Crippen LogP contribution in [0.2, 0.25) is 0 Å². The van der Waals surface area contributed by atoms with Crippen LogP contribution >= 0.6 is 0 Å². The van der Waals surface area contributed by atoms with Crippen LogP contribution in [-0.2, 0) is 14.3 Å². The maximum atomic E-state index is 12.9. The summed E-state index contributed by atoms with van der Waals surface area (Å²) in [4.78, 5) is 26.0. The first-order valence-electron chi connectivity index (χ1n) is 11.8. The highest BCUT2D eigenvalue weighted by atomic mass is 16.6. The predicted molar refractivity (Wildman–Crippen MR) is 122 cm³/mol. The maximum Gasteiger partial charge on any atom is 0.317 e. The van der Waals surface area contributed by atoms with E-state index in [1.807, 2.05) is 20.8 Å². The molecule has 1 aliphatic rings. The molecule has 0 bridgehead atoms. The van der Waals surface area contributed by atoms with E-state index < -0.39 is 47.3 Å². The Balaban J connectivity index is 3.41. The first kappa shape index (κ1) is 28.8. The van der Waals surface area contributed by atoms with E-state index in [2.05, 4.69) is 0 Å². The van der Waals surface area contributed by atoms with E-state index in [1.54, 1.807) is 32.6 Å². The number of ether oxygens (including phenoxy) is 1. The van der Waals surface area contributed by atoms with Crippen molar-refractivity contribution in [3.8, 4) is 0 Å². The van der Waals surface area contributed by atoms with Crippen molar-refractivity contribution in [3.05, 3.63) is 0 Å². The van der Waals surface area contributed by atoms with Crippen molar-refractivity contribution >= 4 is 11.9 Å². The molecular formula is C24H45NO7. The minimum Gasteiger partial charge on any atom is -0.480 e. The monoisotopic (exact) mass is 459 g/mol. The van der Waals surface area contributed by atoms with Gasteiger partial charge in [0.15, 0.2) is 0 Å². The number of cyclic esters (lactones) is 1. The lowest BCUT2D eigenvalue weighted by Crippen LogP contribution is -2.60. The summed E-state index contributed by atoms with van der Waals surface area (Å²) in [5.74, 6) is -2.05. The van der Waals surface area contributed by atoms with E-state index in [9.17, 15) is 30.0 Å². The maximum absolute atomic E-state index is 12.9. The Morgan fingerprint density at radius 3 is 2.19 bits per heavy atom. The number of carboxylic acids is 1. The van der Waals surface area contributed by atoms with Crippen LogP contribution in [0.5, 0.6) is 0 Å². The summed E-state index contributed by atoms with van der Waals surface area (Å²) in [6.07, 6.45) is -1.08. The van der Waals surface area contributed by atoms with Gasteiger partial charge in [-0.3, -0.25) is 14.5 Å². The molecule has 0 amide bonds. The Kier molecular flexibility index (Phi) is 10.1. The lowest BCUT2D eigenvalue weighted by atomic mass is 9.77. The molecule has 9 atom stereocenters. The van der Waals surface area contributed by atoms with Gasteiger partial charge in [0.25, 0.3) is 0 Å². The second-order valence-electron chi connectivity index (χ2n) is 10.7. The molecule has 0 aliphatic carbocycles. The zero-order chi connectivity index (χ0) is 25.0. The third-order valence-electron chi connectivity index (χ3n) is 7.41. The van der Waals surface area contributed by atoms with Gasteiger partial charge in [-0.1, -0.05) is 34.6 Å². The van der Waals surface area contributed by atoms with Gasteiger partial charge in [0, 0.05) is 12.6 Å². The van der Waals surface area contributed by atoms with Gasteiger partial charge in [-0.15, -0.1) is 0 Å². The van der Waals surface area contributed by atoms with Crippen LogP contribution in [0.15, 0.2) is 0 Å². The highest BCUT2D eigenvalue weighted by molar-refractivity contribution is 5.72. The smallest absolute Gasteiger partial charge is 0.317 e. The Bertz CT molecular complexity index is 636. The fraction of sp³-hybridized carbons (Fsp3) is 0.917. The molecule has 8 heteroatoms. The summed E-state index contributed by atoms with van der Waals surface area (Å²) in [6, 6.07) is -0.721. The fourth-order valence-corrected chi connectivity index (χ4v) is 5.18. The third-order valence-corrected chi connectivity index (χ3v) is 7.41. The number of nitrogens with zero attached hydrogens (tertiary/aromatic N) is 1. The molecule has 1 saturated heterocycles. The van der Waals surface area contributed by atoms with Crippen LogP contribution in [0.1, 0.15) is 74.7 Å². The van der Waals surface area contributed by atoms with Gasteiger partial charge in [0.2, 0.25) is 0 Å². The van der Waals surface area contributed by atoms with Crippen molar-refractivity contribution in [2.75, 3.05) is 13.1 Å². The second kappa shape index (κ2) is 11.3. The van der Waals surface area contributed by atoms with Crippen LogP contribution in [0.4, 0.5) is 0 Å². The predicted octanol–water partition coefficient (Wildman–Crippen LogP) is 2.28. The summed E-state index contributed by atoms with van der Waals surface area (Å²) in [5, 5.41) is 42.8. The van der Waals surface area contributed by atoms with E-state index in [0.29, 0.717) is 25.8 Å². The Morgan fingerprint density at radius 2 is 1.69 bits per heavy atom. The summed E-state index contributed by atoms with van der Waals surface area (Å²) < 4.78 is 5.68. The molecule has 0 aromatic rings. The van der Waals surface area contributed by atoms with Gasteiger partial charge in [-0.25, -0.2) is 0 Å². The highest BCUT2D eigenvalue weighted by Crippen LogP contribution is 2.34. The summed E-state index contributed by atoms with van der Waals surface area (Å²) in [7, 11) is 0. The summed E-state index contributed by atoms with van der Waals surface area (Å²) in [5.41, 5.74) is -2.77. The number of carboxylic acid groups (broad SMARTS) is 1. The second-order valence-corrected chi connectivity index (χ2v) is 10.7. The average molecular weight is 460 g/mol. The van der Waals surface area contributed by atoms with E-state index >= 15 is 0 Å². The fourth-order valence-electron chi connectivity index (χ4n) is 5.18. The van der Waals surface area contributed by atoms with Crippen LogP contribution in [-0.4, -0.2) is 79.8 Å². The molecule has 0 unspecified atom stereocenters. The van der Waals surface area contributed by atoms with Crippen molar-refractivity contribution in [2.45, 2.75) is 104 Å². The van der Waals surface area contributed by atoms with Gasteiger partial charge in [0.05, 0.1) is 18.1 Å². The lowest BCUT2D eigenvalue weighted by Gasteiger charge is -2.42. The molecule has 0 radical (unpaired) electrons. The number of aliphatic carboxylic acids is 1. The number of esters is 1. The van der Waals surface area contributed by atoms with E-state index in [4.69, 9.17) is 4.74 Å². The molecule has 8 nitrogen and oxygen atoms in total. The van der Waals surface area contributed by atoms with Crippen molar-refractivity contribution in [2.24, 2.45) is 23.7 Å². The van der Waals surface area contributed by atoms with Gasteiger partial charge in [-0.05, 0) is 57.8 Å². The molecule has 0 saturated carbocycles. The summed E-state index contributed by atoms with van der Waals surface area (Å²) >= 11 is 0. The number of aliphatic hydroxyl groups excluding tert-OH is 1. The molecule has 188 valence electrons. The SMILES string of the molecule is CC[C@H]1OC(=O)[C@H](C)[C@@H](C)[C@H](C)C[C@](C)(O)C[C@@H](C)CN(CC(=O)O)[C@H](C)[C@@H](O)[C@]1(C)O. The summed E-state index contributed by atoms with van der Waals surface area (Å²) in [6.45, 7) is 14.3. The van der Waals surface area contributed by atoms with E-state index in [-0.39, 0.29) is 24.3 Å². The molecular weight excluding hydrogens is 414 g/mol. The quantitative estimate of drug-likeness (QED) is 0.473. The van der Waals surface area contributed by atoms with E-state index in [0.717, 1.165) is 0 Å². The number of carbonyl (C=O) groups excluding carboxylic acids is 1. The molecule has 1 aliphatic heterocycles. The highest BCUT2D eigenvalue weighted by Gasteiger charge is 2.46. The largest absolute Gasteiger partial charge is 0.480 e. The van der Waals surface area contributed by atoms with Gasteiger partial charge in [0.1, 0.15) is 17.8 Å². The number of aliphatic hydroxyl groups is 3. The number of rotatable bonds is 3. The van der Waals surface area contributed by atoms with Gasteiger partial charge >= 0.3 is 11.9 Å². The Labute approximate surface area is 193 Å². The molecule has 1 rings (SSSR count). The standard InChI is InChI=1S/C24H45NO7/c1-9-19-24(8,31)21(28)18(6)25(13-20(26)27)12-14(2)10-23(7,30)11-15(3)16(4)17(5)22(29)32-19/h14-19,21,28,30-31H,9-13H2,1-8H3,(H,26,27)/t14-,15-,16+,17-,18-,19-,21-,23-,24-/m1/s1. The number of carbonyl (C=O) groups is 2. The van der Waals surface area contributed by atoms with Crippen LogP contribution in [0, 0.1) is 23.7 Å². The van der Waals surface area contributed by atoms with Gasteiger partial charge < -0.3 is 25.2 Å². The van der Waals surface area contributed by atoms with Crippen molar-refractivity contribution < 1.29 is 34.8 Å². The molecule has 0 aromatic carbocycles. The Morgan fingerprint density at radius 1 is 1.12 bits per heavy atom. The van der Waals surface area contributed by atoms with Crippen molar-refractivity contribution in [3.63, 3.8) is 0 Å². The van der Waals surface area contributed by atoms with Crippen molar-refractivity contribution in [1.29, 1.82) is 0 Å². The van der Waals surface area contributed by atoms with Gasteiger partial charge in [-0.2, -0.15) is 0 Å². The number of hydrogen-bond acceptors (Lipinski definition) is 7. The Hall–Kier alpha value is -1.22. The normalized spacial score (nSPS) is 43.7. The molecule has 0 spiro atoms. The minimum absolute atomic E-state index is 0.0325. The van der Waals surface area contributed by atoms with E-state index in [1.165, 1.54) is 6.92 Å². The van der Waals surface area contributed by atoms with Crippen LogP contribution in [0.25, 0.3) is 0 Å².